The van der Waals surface area contributed by atoms with Crippen LogP contribution in [-0.4, -0.2) is 53.3 Å². The second kappa shape index (κ2) is 8.71. The molecule has 8 heteroatoms. The van der Waals surface area contributed by atoms with Crippen molar-refractivity contribution in [2.75, 3.05) is 13.2 Å². The van der Waals surface area contributed by atoms with E-state index in [1.807, 2.05) is 20.8 Å². The van der Waals surface area contributed by atoms with E-state index >= 15 is 0 Å². The number of amides is 1. The highest BCUT2D eigenvalue weighted by molar-refractivity contribution is 5.70. The third-order valence-electron chi connectivity index (χ3n) is 2.30. The van der Waals surface area contributed by atoms with Crippen LogP contribution < -0.4 is 5.73 Å². The maximum Gasteiger partial charge on any atom is 0.534 e. The van der Waals surface area contributed by atoms with Gasteiger partial charge in [0.2, 0.25) is 0 Å². The Kier molecular flexibility index (Phi) is 8.17. The van der Waals surface area contributed by atoms with E-state index < -0.39 is 29.5 Å². The minimum atomic E-state index is -1.01. The molecule has 0 aromatic carbocycles. The normalized spacial score (nSPS) is 13.8. The number of carbonyl (C=O) groups excluding carboxylic acids is 2. The Hall–Kier alpha value is -1.54. The molecule has 1 atom stereocenters. The van der Waals surface area contributed by atoms with E-state index in [1.54, 1.807) is 41.5 Å². The Bertz CT molecular complexity index is 446. The zero-order valence-corrected chi connectivity index (χ0v) is 17.0. The van der Waals surface area contributed by atoms with Crippen molar-refractivity contribution in [1.29, 1.82) is 0 Å². The minimum Gasteiger partial charge on any atom is -0.442 e. The summed E-state index contributed by atoms with van der Waals surface area (Å²) in [6.45, 7) is 16.0. The molecule has 1 amide bonds. The number of hydrogen-bond donors (Lipinski definition) is 1. The highest BCUT2D eigenvalue weighted by Crippen LogP contribution is 2.14. The molecule has 0 saturated heterocycles. The van der Waals surface area contributed by atoms with Crippen LogP contribution in [0, 0.1) is 0 Å². The summed E-state index contributed by atoms with van der Waals surface area (Å²) in [5, 5.41) is 0.760. The standard InChI is InChI=1S/C17H34N2O6/c1-15(2,3)22-11-12(18)10-19(13(20)23-16(4,5)6)25-14(21)24-17(7,8)9/h12H,10-11,18H2,1-9H3. The summed E-state index contributed by atoms with van der Waals surface area (Å²) in [4.78, 5) is 29.1. The lowest BCUT2D eigenvalue weighted by Crippen LogP contribution is -2.47. The lowest BCUT2D eigenvalue weighted by atomic mass is 10.2. The second-order valence-corrected chi connectivity index (χ2v) is 8.78. The molecule has 2 N–H and O–H groups in total. The first-order valence-corrected chi connectivity index (χ1v) is 8.29. The molecule has 25 heavy (non-hydrogen) atoms. The van der Waals surface area contributed by atoms with E-state index in [4.69, 9.17) is 24.8 Å². The van der Waals surface area contributed by atoms with Crippen molar-refractivity contribution in [1.82, 2.24) is 5.06 Å². The number of ether oxygens (including phenoxy) is 3. The fourth-order valence-corrected chi connectivity index (χ4v) is 1.44. The lowest BCUT2D eigenvalue weighted by molar-refractivity contribution is -0.141. The molecule has 0 aliphatic carbocycles. The molecule has 0 heterocycles. The summed E-state index contributed by atoms with van der Waals surface area (Å²) in [6.07, 6.45) is -1.84. The Balaban J connectivity index is 4.94. The maximum absolute atomic E-state index is 12.3. The fourth-order valence-electron chi connectivity index (χ4n) is 1.44. The van der Waals surface area contributed by atoms with Crippen LogP contribution in [0.4, 0.5) is 9.59 Å². The van der Waals surface area contributed by atoms with Gasteiger partial charge in [-0.3, -0.25) is 0 Å². The largest absolute Gasteiger partial charge is 0.534 e. The Morgan fingerprint density at radius 3 is 1.76 bits per heavy atom. The number of nitrogens with two attached hydrogens (primary N) is 1. The van der Waals surface area contributed by atoms with Gasteiger partial charge in [-0.15, -0.1) is 5.06 Å². The predicted octanol–water partition coefficient (Wildman–Crippen LogP) is 3.23. The zero-order valence-electron chi connectivity index (χ0n) is 17.0. The van der Waals surface area contributed by atoms with Crippen molar-refractivity contribution in [2.24, 2.45) is 5.73 Å². The molecule has 148 valence electrons. The average molecular weight is 362 g/mol. The van der Waals surface area contributed by atoms with Gasteiger partial charge in [0.1, 0.15) is 11.2 Å². The van der Waals surface area contributed by atoms with E-state index in [9.17, 15) is 9.59 Å². The zero-order chi connectivity index (χ0) is 20.1. The first kappa shape index (κ1) is 23.5. The summed E-state index contributed by atoms with van der Waals surface area (Å²) in [7, 11) is 0. The molecule has 1 unspecified atom stereocenters. The van der Waals surface area contributed by atoms with Gasteiger partial charge in [-0.05, 0) is 62.3 Å². The molecule has 0 aliphatic heterocycles. The number of hydrogen-bond acceptors (Lipinski definition) is 7. The number of carbonyl (C=O) groups is 2. The van der Waals surface area contributed by atoms with Crippen molar-refractivity contribution in [3.63, 3.8) is 0 Å². The molecule has 0 aromatic heterocycles. The van der Waals surface area contributed by atoms with Crippen LogP contribution in [0.25, 0.3) is 0 Å². The molecule has 8 nitrogen and oxygen atoms in total. The molecule has 0 saturated carbocycles. The van der Waals surface area contributed by atoms with Crippen LogP contribution in [0.1, 0.15) is 62.3 Å². The van der Waals surface area contributed by atoms with Crippen molar-refractivity contribution in [3.8, 4) is 0 Å². The van der Waals surface area contributed by atoms with Crippen LogP contribution in [0.3, 0.4) is 0 Å². The van der Waals surface area contributed by atoms with E-state index in [1.165, 1.54) is 0 Å². The quantitative estimate of drug-likeness (QED) is 0.605. The maximum atomic E-state index is 12.3. The molecule has 0 fully saturated rings. The van der Waals surface area contributed by atoms with Gasteiger partial charge in [0.15, 0.2) is 0 Å². The van der Waals surface area contributed by atoms with Crippen molar-refractivity contribution in [3.05, 3.63) is 0 Å². The fraction of sp³-hybridized carbons (Fsp3) is 0.882. The van der Waals surface area contributed by atoms with Gasteiger partial charge in [-0.25, -0.2) is 9.59 Å². The topological polar surface area (TPSA) is 100 Å². The Morgan fingerprint density at radius 2 is 1.36 bits per heavy atom. The number of rotatable bonds is 4. The average Bonchev–Trinajstić information content (AvgIpc) is 2.30. The van der Waals surface area contributed by atoms with Crippen LogP contribution in [0.2, 0.25) is 0 Å². The Morgan fingerprint density at radius 1 is 0.880 bits per heavy atom. The van der Waals surface area contributed by atoms with E-state index in [0.717, 1.165) is 5.06 Å². The molecular formula is C17H34N2O6. The third-order valence-corrected chi connectivity index (χ3v) is 2.30. The highest BCUT2D eigenvalue weighted by Gasteiger charge is 2.29. The van der Waals surface area contributed by atoms with Gasteiger partial charge >= 0.3 is 12.2 Å². The molecule has 0 bridgehead atoms. The number of hydroxylamine groups is 2. The van der Waals surface area contributed by atoms with Crippen molar-refractivity contribution >= 4 is 12.2 Å². The lowest BCUT2D eigenvalue weighted by Gasteiger charge is -2.29. The predicted molar refractivity (Wildman–Crippen MR) is 93.9 cm³/mol. The monoisotopic (exact) mass is 362 g/mol. The summed E-state index contributed by atoms with van der Waals surface area (Å²) in [5.74, 6) is 0. The minimum absolute atomic E-state index is 0.0930. The first-order chi connectivity index (χ1) is 11.0. The molecule has 0 rings (SSSR count). The summed E-state index contributed by atoms with van der Waals surface area (Å²) >= 11 is 0. The van der Waals surface area contributed by atoms with Crippen molar-refractivity contribution in [2.45, 2.75) is 85.2 Å². The van der Waals surface area contributed by atoms with Crippen LogP contribution in [-0.2, 0) is 19.0 Å². The molecule has 0 radical (unpaired) electrons. The van der Waals surface area contributed by atoms with Crippen LogP contribution in [0.5, 0.6) is 0 Å². The highest BCUT2D eigenvalue weighted by atomic mass is 16.8. The summed E-state index contributed by atoms with van der Waals surface area (Å²) < 4.78 is 15.9. The first-order valence-electron chi connectivity index (χ1n) is 8.29. The summed E-state index contributed by atoms with van der Waals surface area (Å²) in [6, 6.07) is -0.575. The van der Waals surface area contributed by atoms with Gasteiger partial charge in [-0.1, -0.05) is 0 Å². The SMILES string of the molecule is CC(C)(C)OCC(N)CN(OC(=O)OC(C)(C)C)C(=O)OC(C)(C)C. The third kappa shape index (κ3) is 13.4. The van der Waals surface area contributed by atoms with Crippen LogP contribution >= 0.6 is 0 Å². The molecule has 0 aliphatic rings. The smallest absolute Gasteiger partial charge is 0.442 e. The molecule has 0 spiro atoms. The van der Waals surface area contributed by atoms with E-state index in [2.05, 4.69) is 0 Å². The van der Waals surface area contributed by atoms with Gasteiger partial charge in [0, 0.05) is 6.04 Å². The van der Waals surface area contributed by atoms with Gasteiger partial charge < -0.3 is 24.8 Å². The van der Waals surface area contributed by atoms with Gasteiger partial charge in [0.05, 0.1) is 18.8 Å². The van der Waals surface area contributed by atoms with Gasteiger partial charge in [-0.2, -0.15) is 0 Å². The van der Waals surface area contributed by atoms with E-state index in [-0.39, 0.29) is 18.8 Å². The van der Waals surface area contributed by atoms with Crippen LogP contribution in [0.15, 0.2) is 0 Å². The number of nitrogens with zero attached hydrogens (tertiary/aromatic N) is 1. The molecular weight excluding hydrogens is 328 g/mol. The van der Waals surface area contributed by atoms with E-state index in [0.29, 0.717) is 0 Å². The van der Waals surface area contributed by atoms with Crippen molar-refractivity contribution < 1.29 is 28.6 Å². The Labute approximate surface area is 150 Å². The summed E-state index contributed by atoms with van der Waals surface area (Å²) in [5.41, 5.74) is 4.10. The van der Waals surface area contributed by atoms with Gasteiger partial charge in [0.25, 0.3) is 0 Å². The molecule has 0 aromatic rings. The second-order valence-electron chi connectivity index (χ2n) is 8.78.